The van der Waals surface area contributed by atoms with Gasteiger partial charge in [-0.3, -0.25) is 25.0 Å². The van der Waals surface area contributed by atoms with E-state index in [1.54, 1.807) is 57.6 Å². The number of allylic oxidation sites excluding steroid dienone is 1. The lowest BCUT2D eigenvalue weighted by atomic mass is 10.1. The minimum atomic E-state index is -1.07. The van der Waals surface area contributed by atoms with E-state index in [0.29, 0.717) is 40.7 Å². The number of aromatic nitrogens is 2. The Labute approximate surface area is 221 Å². The zero-order chi connectivity index (χ0) is 27.1. The summed E-state index contributed by atoms with van der Waals surface area (Å²) in [5, 5.41) is 2.70. The van der Waals surface area contributed by atoms with Crippen molar-refractivity contribution in [1.29, 1.82) is 0 Å². The molecule has 0 bridgehead atoms. The first-order chi connectivity index (χ1) is 18.3. The number of aryl methyl sites for hydroxylation is 1. The van der Waals surface area contributed by atoms with E-state index in [-0.39, 0.29) is 19.1 Å². The Morgan fingerprint density at radius 1 is 1.24 bits per heavy atom. The van der Waals surface area contributed by atoms with Gasteiger partial charge in [0.1, 0.15) is 22.9 Å². The molecule has 1 saturated heterocycles. The largest absolute Gasteiger partial charge is 0.455 e. The van der Waals surface area contributed by atoms with E-state index >= 15 is 0 Å². The second-order valence-electron chi connectivity index (χ2n) is 8.91. The number of nitrogens with two attached hydrogens (primary N) is 1. The van der Waals surface area contributed by atoms with Gasteiger partial charge in [-0.05, 0) is 37.6 Å². The minimum absolute atomic E-state index is 0.252. The molecule has 3 aromatic rings. The van der Waals surface area contributed by atoms with Gasteiger partial charge in [-0.1, -0.05) is 30.3 Å². The summed E-state index contributed by atoms with van der Waals surface area (Å²) >= 11 is 0. The van der Waals surface area contributed by atoms with Gasteiger partial charge in [-0.15, -0.1) is 0 Å². The maximum atomic E-state index is 13.0. The molecule has 38 heavy (non-hydrogen) atoms. The molecule has 1 fully saturated rings. The third-order valence-corrected chi connectivity index (χ3v) is 6.13. The molecule has 10 heteroatoms. The van der Waals surface area contributed by atoms with Crippen LogP contribution in [0.15, 0.2) is 72.0 Å². The average molecular weight is 515 g/mol. The Morgan fingerprint density at radius 2 is 2.03 bits per heavy atom. The number of urea groups is 1. The van der Waals surface area contributed by atoms with E-state index in [4.69, 9.17) is 15.2 Å². The van der Waals surface area contributed by atoms with E-state index in [1.165, 1.54) is 6.20 Å². The Balaban J connectivity index is 1.39. The van der Waals surface area contributed by atoms with Crippen molar-refractivity contribution in [3.8, 4) is 11.5 Å². The van der Waals surface area contributed by atoms with Gasteiger partial charge in [0, 0.05) is 50.3 Å². The van der Waals surface area contributed by atoms with Gasteiger partial charge in [-0.25, -0.2) is 9.78 Å². The summed E-state index contributed by atoms with van der Waals surface area (Å²) < 4.78 is 11.9. The smallest absolute Gasteiger partial charge is 0.329 e. The van der Waals surface area contributed by atoms with Gasteiger partial charge in [0.2, 0.25) is 0 Å². The van der Waals surface area contributed by atoms with E-state index in [1.807, 2.05) is 30.3 Å². The van der Waals surface area contributed by atoms with Gasteiger partial charge in [-0.2, -0.15) is 0 Å². The first-order valence-corrected chi connectivity index (χ1v) is 12.1. The van der Waals surface area contributed by atoms with E-state index in [0.717, 1.165) is 10.5 Å². The number of nitrogens with zero attached hydrogens (tertiary/aromatic N) is 4. The third-order valence-electron chi connectivity index (χ3n) is 6.13. The molecule has 4 rings (SSSR count). The summed E-state index contributed by atoms with van der Waals surface area (Å²) in [7, 11) is 1.65. The van der Waals surface area contributed by atoms with Crippen LogP contribution in [0.3, 0.4) is 0 Å². The van der Waals surface area contributed by atoms with Crippen LogP contribution in [0.5, 0.6) is 11.5 Å². The van der Waals surface area contributed by atoms with Crippen molar-refractivity contribution >= 4 is 29.5 Å². The zero-order valence-electron chi connectivity index (χ0n) is 21.5. The van der Waals surface area contributed by atoms with Crippen LogP contribution in [0.4, 0.5) is 10.6 Å². The highest BCUT2D eigenvalue weighted by atomic mass is 16.5. The molecule has 0 saturated carbocycles. The van der Waals surface area contributed by atoms with Gasteiger partial charge >= 0.3 is 6.03 Å². The molecule has 1 atom stereocenters. The van der Waals surface area contributed by atoms with E-state index in [2.05, 4.69) is 20.3 Å². The number of carbonyl (C=O) groups is 2. The lowest BCUT2D eigenvalue weighted by Gasteiger charge is -2.23. The molecule has 1 aromatic carbocycles. The summed E-state index contributed by atoms with van der Waals surface area (Å²) in [5.74, 6) is 0.962. The van der Waals surface area contributed by atoms with Crippen LogP contribution in [0.2, 0.25) is 0 Å². The molecule has 3 heterocycles. The van der Waals surface area contributed by atoms with Gasteiger partial charge in [0.15, 0.2) is 0 Å². The quantitative estimate of drug-likeness (QED) is 0.428. The molecule has 0 spiro atoms. The molecule has 0 aliphatic carbocycles. The summed E-state index contributed by atoms with van der Waals surface area (Å²) in [6.45, 7) is 4.02. The molecule has 2 aromatic heterocycles. The standard InChI is InChI=1S/C28H30N6O4/c1-19-24(38-22-11-13-31-23(15-22)21(16-29)17-30-3)9-10-25(32-19)33-27(36)34-14-12-28(2,26(34)35)37-18-20-7-5-4-6-8-20/h4-11,13,15-17H,12,14,18,29H2,1-3H3,(H,32,33,36). The fourth-order valence-electron chi connectivity index (χ4n) is 3.96. The predicted octanol–water partition coefficient (Wildman–Crippen LogP) is 4.32. The monoisotopic (exact) mass is 514 g/mol. The van der Waals surface area contributed by atoms with Crippen molar-refractivity contribution in [1.82, 2.24) is 14.9 Å². The number of rotatable bonds is 8. The van der Waals surface area contributed by atoms with Gasteiger partial charge in [0.25, 0.3) is 5.91 Å². The molecular formula is C28H30N6O4. The van der Waals surface area contributed by atoms with E-state index < -0.39 is 11.6 Å². The van der Waals surface area contributed by atoms with Crippen molar-refractivity contribution in [3.05, 3.63) is 83.9 Å². The van der Waals surface area contributed by atoms with Crippen LogP contribution in [-0.4, -0.2) is 52.2 Å². The highest BCUT2D eigenvalue weighted by Crippen LogP contribution is 2.29. The topological polar surface area (TPSA) is 132 Å². The molecule has 3 N–H and O–H groups in total. The van der Waals surface area contributed by atoms with Crippen molar-refractivity contribution in [3.63, 3.8) is 0 Å². The molecule has 10 nitrogen and oxygen atoms in total. The summed E-state index contributed by atoms with van der Waals surface area (Å²) in [5.41, 5.74) is 7.38. The molecule has 1 unspecified atom stereocenters. The van der Waals surface area contributed by atoms with Crippen LogP contribution in [0.1, 0.15) is 30.3 Å². The molecule has 3 amide bonds. The number of imide groups is 1. The van der Waals surface area contributed by atoms with Crippen LogP contribution in [0.25, 0.3) is 5.57 Å². The van der Waals surface area contributed by atoms with Crippen LogP contribution < -0.4 is 15.8 Å². The number of nitrogens with one attached hydrogen (secondary N) is 1. The average Bonchev–Trinajstić information content (AvgIpc) is 3.22. The molecule has 1 aliphatic heterocycles. The number of benzene rings is 1. The van der Waals surface area contributed by atoms with Crippen molar-refractivity contribution in [2.75, 3.05) is 18.9 Å². The molecule has 196 valence electrons. The normalized spacial score (nSPS) is 17.7. The van der Waals surface area contributed by atoms with Crippen molar-refractivity contribution in [2.24, 2.45) is 10.7 Å². The fourth-order valence-corrected chi connectivity index (χ4v) is 3.96. The SMILES string of the molecule is CN=CC(=CN)c1cc(Oc2ccc(NC(=O)N3CCC(C)(OCc4ccccc4)C3=O)nc2C)ccn1. The second-order valence-corrected chi connectivity index (χ2v) is 8.91. The number of hydrogen-bond donors (Lipinski definition) is 2. The number of anilines is 1. The van der Waals surface area contributed by atoms with Gasteiger partial charge < -0.3 is 15.2 Å². The highest BCUT2D eigenvalue weighted by Gasteiger charge is 2.46. The number of likely N-dealkylation sites (tertiary alicyclic amines) is 1. The first-order valence-electron chi connectivity index (χ1n) is 12.1. The minimum Gasteiger partial charge on any atom is -0.455 e. The number of hydrogen-bond acceptors (Lipinski definition) is 8. The van der Waals surface area contributed by atoms with Gasteiger partial charge in [0.05, 0.1) is 18.0 Å². The van der Waals surface area contributed by atoms with E-state index in [9.17, 15) is 9.59 Å². The fraction of sp³-hybridized carbons (Fsp3) is 0.250. The number of carbonyl (C=O) groups excluding carboxylic acids is 2. The first kappa shape index (κ1) is 26.5. The second kappa shape index (κ2) is 11.7. The predicted molar refractivity (Wildman–Crippen MR) is 145 cm³/mol. The zero-order valence-corrected chi connectivity index (χ0v) is 21.5. The number of ether oxygens (including phenoxy) is 2. The Morgan fingerprint density at radius 3 is 2.74 bits per heavy atom. The van der Waals surface area contributed by atoms with Crippen LogP contribution >= 0.6 is 0 Å². The molecule has 0 radical (unpaired) electrons. The number of aliphatic imine (C=N–C) groups is 1. The van der Waals surface area contributed by atoms with Crippen molar-refractivity contribution < 1.29 is 19.1 Å². The number of pyridine rings is 2. The molecular weight excluding hydrogens is 484 g/mol. The molecule has 1 aliphatic rings. The number of amides is 3. The lowest BCUT2D eigenvalue weighted by molar-refractivity contribution is -0.146. The van der Waals surface area contributed by atoms with Crippen molar-refractivity contribution in [2.45, 2.75) is 32.5 Å². The van der Waals surface area contributed by atoms with Crippen LogP contribution in [0, 0.1) is 6.92 Å². The summed E-state index contributed by atoms with van der Waals surface area (Å²) in [4.78, 5) is 39.8. The maximum absolute atomic E-state index is 13.0. The Bertz CT molecular complexity index is 1370. The summed E-state index contributed by atoms with van der Waals surface area (Å²) in [6, 6.07) is 15.8. The highest BCUT2D eigenvalue weighted by molar-refractivity contribution is 6.08. The van der Waals surface area contributed by atoms with Crippen LogP contribution in [-0.2, 0) is 16.1 Å². The Hall–Kier alpha value is -4.57. The maximum Gasteiger partial charge on any atom is 0.329 e. The lowest BCUT2D eigenvalue weighted by Crippen LogP contribution is -2.44. The third kappa shape index (κ3) is 6.04. The summed E-state index contributed by atoms with van der Waals surface area (Å²) in [6.07, 6.45) is 5.05. The Kier molecular flexibility index (Phi) is 8.12.